The minimum Gasteiger partial charge on any atom is -0.322 e. The second-order valence-electron chi connectivity index (χ2n) is 5.32. The van der Waals surface area contributed by atoms with E-state index in [0.29, 0.717) is 11.6 Å². The molecular weight excluding hydrogens is 344 g/mol. The molecule has 0 saturated carbocycles. The van der Waals surface area contributed by atoms with Gasteiger partial charge in [0.15, 0.2) is 0 Å². The maximum absolute atomic E-state index is 11.9. The number of sulfonamides is 1. The Kier molecular flexibility index (Phi) is 5.32. The highest BCUT2D eigenvalue weighted by atomic mass is 32.2. The SMILES string of the molecule is CC(=O)NS(=O)(=O)c1ccc(NC(N)=[NH+]c2nc(C)cc(C)n2)cc1. The van der Waals surface area contributed by atoms with E-state index >= 15 is 0 Å². The maximum Gasteiger partial charge on any atom is 0.354 e. The first-order valence-corrected chi connectivity index (χ1v) is 8.76. The van der Waals surface area contributed by atoms with Crippen LogP contribution in [0.25, 0.3) is 0 Å². The third-order valence-corrected chi connectivity index (χ3v) is 4.40. The van der Waals surface area contributed by atoms with Crippen molar-refractivity contribution in [2.75, 3.05) is 5.32 Å². The third-order valence-electron chi connectivity index (χ3n) is 2.95. The molecule has 0 unspecified atom stereocenters. The van der Waals surface area contributed by atoms with E-state index < -0.39 is 15.9 Å². The molecule has 2 aromatic rings. The molecule has 0 aliphatic heterocycles. The largest absolute Gasteiger partial charge is 0.354 e. The minimum absolute atomic E-state index is 0.0302. The van der Waals surface area contributed by atoms with E-state index in [4.69, 9.17) is 5.73 Å². The number of nitrogens with one attached hydrogen (secondary N) is 3. The van der Waals surface area contributed by atoms with Gasteiger partial charge < -0.3 is 5.73 Å². The molecule has 0 fully saturated rings. The number of hydrogen-bond acceptors (Lipinski definition) is 5. The number of benzene rings is 1. The summed E-state index contributed by atoms with van der Waals surface area (Å²) in [5.74, 6) is -0.118. The standard InChI is InChI=1S/C15H18N6O3S/c1-9-8-10(2)18-15(17-9)20-14(16)19-12-4-6-13(7-5-12)25(23,24)21-11(3)22/h4-8H,1-3H3,(H,21,22)(H3,16,17,18,19,20)/p+1. The molecule has 9 nitrogen and oxygen atoms in total. The molecule has 1 amide bonds. The number of aromatic nitrogens is 2. The van der Waals surface area contributed by atoms with E-state index in [0.717, 1.165) is 18.3 Å². The lowest BCUT2D eigenvalue weighted by atomic mass is 10.3. The van der Waals surface area contributed by atoms with Crippen molar-refractivity contribution in [3.05, 3.63) is 41.7 Å². The summed E-state index contributed by atoms with van der Waals surface area (Å²) in [6.07, 6.45) is 0. The Morgan fingerprint density at radius 3 is 2.20 bits per heavy atom. The van der Waals surface area contributed by atoms with Crippen LogP contribution in [0.2, 0.25) is 0 Å². The van der Waals surface area contributed by atoms with Crippen molar-refractivity contribution in [2.45, 2.75) is 25.7 Å². The summed E-state index contributed by atoms with van der Waals surface area (Å²) in [6, 6.07) is 7.59. The fourth-order valence-corrected chi connectivity index (χ4v) is 3.05. The number of anilines is 1. The van der Waals surface area contributed by atoms with Gasteiger partial charge in [0.05, 0.1) is 22.0 Å². The number of carbonyl (C=O) groups is 1. The second-order valence-corrected chi connectivity index (χ2v) is 7.01. The lowest BCUT2D eigenvalue weighted by Crippen LogP contribution is -2.72. The van der Waals surface area contributed by atoms with Gasteiger partial charge in [0.25, 0.3) is 16.0 Å². The summed E-state index contributed by atoms with van der Waals surface area (Å²) >= 11 is 0. The fourth-order valence-electron chi connectivity index (χ4n) is 2.05. The van der Waals surface area contributed by atoms with Crippen molar-refractivity contribution in [3.63, 3.8) is 0 Å². The fraction of sp³-hybridized carbons (Fsp3) is 0.200. The van der Waals surface area contributed by atoms with Gasteiger partial charge in [-0.25, -0.2) is 18.1 Å². The zero-order valence-electron chi connectivity index (χ0n) is 14.0. The maximum atomic E-state index is 11.9. The lowest BCUT2D eigenvalue weighted by molar-refractivity contribution is -0.365. The van der Waals surface area contributed by atoms with Gasteiger partial charge in [0.1, 0.15) is 0 Å². The smallest absolute Gasteiger partial charge is 0.322 e. The van der Waals surface area contributed by atoms with Crippen LogP contribution < -0.4 is 20.8 Å². The molecule has 0 bridgehead atoms. The predicted octanol–water partition coefficient (Wildman–Crippen LogP) is -0.943. The molecule has 0 aliphatic rings. The molecule has 0 saturated heterocycles. The van der Waals surface area contributed by atoms with Gasteiger partial charge in [-0.2, -0.15) is 0 Å². The zero-order chi connectivity index (χ0) is 18.6. The van der Waals surface area contributed by atoms with Crippen LogP contribution in [0, 0.1) is 13.8 Å². The molecule has 0 aliphatic carbocycles. The number of nitrogens with two attached hydrogens (primary N) is 1. The molecule has 1 aromatic heterocycles. The average Bonchev–Trinajstić information content (AvgIpc) is 2.45. The van der Waals surface area contributed by atoms with Crippen LogP contribution in [0.15, 0.2) is 35.2 Å². The number of guanidine groups is 1. The molecule has 132 valence electrons. The molecule has 10 heteroatoms. The Morgan fingerprint density at radius 1 is 1.12 bits per heavy atom. The van der Waals surface area contributed by atoms with Crippen LogP contribution >= 0.6 is 0 Å². The Morgan fingerprint density at radius 2 is 1.68 bits per heavy atom. The van der Waals surface area contributed by atoms with E-state index in [1.54, 1.807) is 0 Å². The van der Waals surface area contributed by atoms with Crippen LogP contribution in [0.4, 0.5) is 11.6 Å². The van der Waals surface area contributed by atoms with Crippen molar-refractivity contribution in [2.24, 2.45) is 5.73 Å². The van der Waals surface area contributed by atoms with Crippen molar-refractivity contribution in [1.82, 2.24) is 14.7 Å². The average molecular weight is 363 g/mol. The first kappa shape index (κ1) is 18.3. The lowest BCUT2D eigenvalue weighted by Gasteiger charge is -2.06. The van der Waals surface area contributed by atoms with E-state index in [1.807, 2.05) is 24.6 Å². The highest BCUT2D eigenvalue weighted by Gasteiger charge is 2.15. The molecule has 1 aromatic carbocycles. The second kappa shape index (κ2) is 7.26. The van der Waals surface area contributed by atoms with Crippen molar-refractivity contribution in [3.8, 4) is 0 Å². The summed E-state index contributed by atoms with van der Waals surface area (Å²) in [7, 11) is -3.86. The Hall–Kier alpha value is -3.01. The van der Waals surface area contributed by atoms with Gasteiger partial charge in [0, 0.05) is 13.0 Å². The minimum atomic E-state index is -3.86. The number of rotatable bonds is 4. The molecule has 0 radical (unpaired) electrons. The van der Waals surface area contributed by atoms with Crippen LogP contribution in [0.1, 0.15) is 18.3 Å². The van der Waals surface area contributed by atoms with Gasteiger partial charge in [-0.15, -0.1) is 9.97 Å². The van der Waals surface area contributed by atoms with Crippen LogP contribution in [-0.4, -0.2) is 30.3 Å². The van der Waals surface area contributed by atoms with Gasteiger partial charge in [-0.1, -0.05) is 0 Å². The molecule has 25 heavy (non-hydrogen) atoms. The van der Waals surface area contributed by atoms with Crippen LogP contribution in [-0.2, 0) is 14.8 Å². The van der Waals surface area contributed by atoms with Gasteiger partial charge in [0.2, 0.25) is 5.91 Å². The van der Waals surface area contributed by atoms with Crippen molar-refractivity contribution in [1.29, 1.82) is 0 Å². The monoisotopic (exact) mass is 363 g/mol. The summed E-state index contributed by atoms with van der Waals surface area (Å²) < 4.78 is 25.6. The first-order valence-electron chi connectivity index (χ1n) is 7.28. The molecule has 2 rings (SSSR count). The molecular formula is C15H19N6O3S+. The molecule has 0 spiro atoms. The van der Waals surface area contributed by atoms with E-state index in [2.05, 4.69) is 20.3 Å². The molecule has 0 atom stereocenters. The van der Waals surface area contributed by atoms with Crippen molar-refractivity contribution >= 4 is 33.5 Å². The summed E-state index contributed by atoms with van der Waals surface area (Å²) in [4.78, 5) is 22.1. The summed E-state index contributed by atoms with van der Waals surface area (Å²) in [5, 5.41) is 2.87. The normalized spacial score (nSPS) is 11.9. The van der Waals surface area contributed by atoms with Crippen LogP contribution in [0.3, 0.4) is 0 Å². The topological polar surface area (TPSA) is 141 Å². The summed E-state index contributed by atoms with van der Waals surface area (Å²) in [5.41, 5.74) is 8.02. The zero-order valence-corrected chi connectivity index (χ0v) is 14.8. The van der Waals surface area contributed by atoms with Gasteiger partial charge >= 0.3 is 5.95 Å². The predicted molar refractivity (Wildman–Crippen MR) is 92.4 cm³/mol. The van der Waals surface area contributed by atoms with E-state index in [1.165, 1.54) is 24.3 Å². The Labute approximate surface area is 145 Å². The van der Waals surface area contributed by atoms with E-state index in [-0.39, 0.29) is 10.9 Å². The van der Waals surface area contributed by atoms with E-state index in [9.17, 15) is 13.2 Å². The summed E-state index contributed by atoms with van der Waals surface area (Å²) in [6.45, 7) is 4.82. The third kappa shape index (κ3) is 5.24. The quantitative estimate of drug-likeness (QED) is 0.406. The number of nitrogens with zero attached hydrogens (tertiary/aromatic N) is 2. The van der Waals surface area contributed by atoms with Gasteiger partial charge in [-0.3, -0.25) is 10.1 Å². The van der Waals surface area contributed by atoms with Crippen LogP contribution in [0.5, 0.6) is 0 Å². The first-order chi connectivity index (χ1) is 11.7. The number of aryl methyl sites for hydroxylation is 2. The van der Waals surface area contributed by atoms with Crippen molar-refractivity contribution < 1.29 is 18.2 Å². The Bertz CT molecular complexity index is 903. The number of hydrogen-bond donors (Lipinski definition) is 4. The molecule has 5 N–H and O–H groups in total. The highest BCUT2D eigenvalue weighted by Crippen LogP contribution is 2.13. The number of carbonyl (C=O) groups excluding carboxylic acids is 1. The number of amides is 1. The highest BCUT2D eigenvalue weighted by molar-refractivity contribution is 7.90. The van der Waals surface area contributed by atoms with Gasteiger partial charge in [-0.05, 0) is 38.1 Å². The molecule has 1 heterocycles. The Balaban J connectivity index is 2.15.